The summed E-state index contributed by atoms with van der Waals surface area (Å²) in [6, 6.07) is 16.2. The average molecular weight is 533 g/mol. The normalized spacial score (nSPS) is 11.3. The number of pyridine rings is 3. The standard InChI is InChI=1S/C28H17FN8OS/c29-22-18(16-11-17(13-30-12-16)33-28(38)15-5-2-1-3-6-15)14-32-26-21(22)25(36-37-26)27-34-19-8-9-31-24(23(19)35-27)20-7-4-10-39-20/h1-14H,(H,33,38)(H,34,35)(H,32,36,37). The zero-order valence-electron chi connectivity index (χ0n) is 20.0. The van der Waals surface area contributed by atoms with Gasteiger partial charge in [-0.25, -0.2) is 14.4 Å². The molecule has 0 spiro atoms. The molecule has 6 heterocycles. The zero-order chi connectivity index (χ0) is 26.3. The first-order valence-electron chi connectivity index (χ1n) is 11.9. The van der Waals surface area contributed by atoms with Crippen LogP contribution in [-0.2, 0) is 0 Å². The van der Waals surface area contributed by atoms with Crippen molar-refractivity contribution in [2.24, 2.45) is 0 Å². The Hall–Kier alpha value is -5.29. The summed E-state index contributed by atoms with van der Waals surface area (Å²) in [6.45, 7) is 0. The molecule has 0 aliphatic heterocycles. The first kappa shape index (κ1) is 22.9. The maximum Gasteiger partial charge on any atom is 0.255 e. The molecule has 0 aliphatic carbocycles. The van der Waals surface area contributed by atoms with Gasteiger partial charge in [0.05, 0.1) is 27.7 Å². The highest BCUT2D eigenvalue weighted by molar-refractivity contribution is 7.13. The number of rotatable bonds is 5. The number of aromatic nitrogens is 7. The van der Waals surface area contributed by atoms with Crippen LogP contribution in [0, 0.1) is 5.82 Å². The van der Waals surface area contributed by atoms with Crippen molar-refractivity contribution in [3.63, 3.8) is 0 Å². The van der Waals surface area contributed by atoms with Gasteiger partial charge in [0.1, 0.15) is 22.7 Å². The summed E-state index contributed by atoms with van der Waals surface area (Å²) in [5.74, 6) is -0.432. The minimum atomic E-state index is -0.533. The maximum absolute atomic E-state index is 16.1. The van der Waals surface area contributed by atoms with Crippen molar-refractivity contribution < 1.29 is 9.18 Å². The number of benzene rings is 1. The molecular weight excluding hydrogens is 515 g/mol. The first-order chi connectivity index (χ1) is 19.2. The Morgan fingerprint density at radius 1 is 0.974 bits per heavy atom. The third-order valence-corrected chi connectivity index (χ3v) is 7.13. The molecule has 0 saturated heterocycles. The molecule has 0 bridgehead atoms. The number of nitrogens with one attached hydrogen (secondary N) is 3. The number of thiophene rings is 1. The molecule has 0 fully saturated rings. The minimum Gasteiger partial charge on any atom is -0.336 e. The van der Waals surface area contributed by atoms with E-state index in [9.17, 15) is 4.79 Å². The van der Waals surface area contributed by atoms with Gasteiger partial charge in [0.15, 0.2) is 11.5 Å². The molecule has 0 aliphatic rings. The van der Waals surface area contributed by atoms with Crippen molar-refractivity contribution in [1.29, 1.82) is 0 Å². The molecule has 7 rings (SSSR count). The Morgan fingerprint density at radius 2 is 1.87 bits per heavy atom. The lowest BCUT2D eigenvalue weighted by atomic mass is 10.1. The van der Waals surface area contributed by atoms with Crippen LogP contribution in [0.15, 0.2) is 84.8 Å². The Balaban J connectivity index is 1.29. The molecule has 188 valence electrons. The number of carbonyl (C=O) groups is 1. The van der Waals surface area contributed by atoms with E-state index < -0.39 is 5.82 Å². The van der Waals surface area contributed by atoms with E-state index in [0.29, 0.717) is 33.8 Å². The molecule has 0 radical (unpaired) electrons. The van der Waals surface area contributed by atoms with Crippen molar-refractivity contribution in [1.82, 2.24) is 35.1 Å². The van der Waals surface area contributed by atoms with Gasteiger partial charge in [-0.1, -0.05) is 24.3 Å². The predicted molar refractivity (Wildman–Crippen MR) is 148 cm³/mol. The summed E-state index contributed by atoms with van der Waals surface area (Å²) >= 11 is 1.57. The van der Waals surface area contributed by atoms with Gasteiger partial charge in [0.2, 0.25) is 0 Å². The van der Waals surface area contributed by atoms with Gasteiger partial charge in [0, 0.05) is 35.3 Å². The van der Waals surface area contributed by atoms with Crippen LogP contribution in [0.3, 0.4) is 0 Å². The number of anilines is 1. The van der Waals surface area contributed by atoms with Gasteiger partial charge in [-0.05, 0) is 35.7 Å². The topological polar surface area (TPSA) is 125 Å². The molecular formula is C28H17FN8OS. The van der Waals surface area contributed by atoms with Gasteiger partial charge in [-0.2, -0.15) is 5.10 Å². The first-order valence-corrected chi connectivity index (χ1v) is 12.8. The van der Waals surface area contributed by atoms with E-state index in [0.717, 1.165) is 16.1 Å². The van der Waals surface area contributed by atoms with Crippen LogP contribution < -0.4 is 5.32 Å². The number of halogens is 1. The predicted octanol–water partition coefficient (Wildman–Crippen LogP) is 6.08. The van der Waals surface area contributed by atoms with E-state index in [1.807, 2.05) is 29.6 Å². The van der Waals surface area contributed by atoms with Crippen molar-refractivity contribution in [2.45, 2.75) is 0 Å². The number of amides is 1. The van der Waals surface area contributed by atoms with Gasteiger partial charge in [-0.15, -0.1) is 11.3 Å². The highest BCUT2D eigenvalue weighted by Gasteiger charge is 2.22. The van der Waals surface area contributed by atoms with E-state index in [2.05, 4.69) is 35.5 Å². The van der Waals surface area contributed by atoms with Crippen LogP contribution in [-0.4, -0.2) is 41.0 Å². The Bertz CT molecular complexity index is 1980. The lowest BCUT2D eigenvalue weighted by Gasteiger charge is -2.08. The third kappa shape index (κ3) is 4.01. The fourth-order valence-electron chi connectivity index (χ4n) is 4.42. The summed E-state index contributed by atoms with van der Waals surface area (Å²) in [5, 5.41) is 12.1. The van der Waals surface area contributed by atoms with E-state index in [1.165, 1.54) is 18.6 Å². The lowest BCUT2D eigenvalue weighted by Crippen LogP contribution is -2.11. The van der Waals surface area contributed by atoms with Crippen LogP contribution in [0.25, 0.3) is 55.3 Å². The van der Waals surface area contributed by atoms with Crippen LogP contribution in [0.2, 0.25) is 0 Å². The van der Waals surface area contributed by atoms with E-state index >= 15 is 4.39 Å². The summed E-state index contributed by atoms with van der Waals surface area (Å²) in [6.07, 6.45) is 6.14. The smallest absolute Gasteiger partial charge is 0.255 e. The number of aromatic amines is 2. The van der Waals surface area contributed by atoms with Crippen molar-refractivity contribution in [3.8, 4) is 33.2 Å². The molecule has 0 saturated carbocycles. The Kier molecular flexibility index (Phi) is 5.41. The molecule has 6 aromatic heterocycles. The molecule has 0 atom stereocenters. The lowest BCUT2D eigenvalue weighted by molar-refractivity contribution is 0.102. The molecule has 9 nitrogen and oxygen atoms in total. The molecule has 1 aromatic carbocycles. The molecule has 1 amide bonds. The SMILES string of the molecule is O=C(Nc1cncc(-c2cnc3[nH]nc(-c4nc5c(-c6cccs6)nccc5[nH]4)c3c2F)c1)c1ccccc1. The average Bonchev–Trinajstić information content (AvgIpc) is 3.73. The van der Waals surface area contributed by atoms with Crippen molar-refractivity contribution in [2.75, 3.05) is 5.32 Å². The second kappa shape index (κ2) is 9.23. The van der Waals surface area contributed by atoms with Gasteiger partial charge in [0.25, 0.3) is 5.91 Å². The number of imidazole rings is 1. The second-order valence-corrected chi connectivity index (χ2v) is 9.63. The third-order valence-electron chi connectivity index (χ3n) is 6.25. The van der Waals surface area contributed by atoms with E-state index in [4.69, 9.17) is 4.98 Å². The highest BCUT2D eigenvalue weighted by atomic mass is 32.1. The van der Waals surface area contributed by atoms with Gasteiger partial charge < -0.3 is 10.3 Å². The van der Waals surface area contributed by atoms with Crippen LogP contribution in [0.5, 0.6) is 0 Å². The Morgan fingerprint density at radius 3 is 2.72 bits per heavy atom. The fraction of sp³-hybridized carbons (Fsp3) is 0. The second-order valence-electron chi connectivity index (χ2n) is 8.68. The number of nitrogens with zero attached hydrogens (tertiary/aromatic N) is 5. The van der Waals surface area contributed by atoms with Crippen LogP contribution in [0.4, 0.5) is 10.1 Å². The van der Waals surface area contributed by atoms with E-state index in [1.54, 1.807) is 47.9 Å². The number of fused-ring (bicyclic) bond motifs is 2. The highest BCUT2D eigenvalue weighted by Crippen LogP contribution is 2.35. The minimum absolute atomic E-state index is 0.191. The largest absolute Gasteiger partial charge is 0.336 e. The molecule has 11 heteroatoms. The number of hydrogen-bond donors (Lipinski definition) is 3. The van der Waals surface area contributed by atoms with Gasteiger partial charge in [-0.3, -0.25) is 19.9 Å². The monoisotopic (exact) mass is 532 g/mol. The summed E-state index contributed by atoms with van der Waals surface area (Å²) in [7, 11) is 0. The number of carbonyl (C=O) groups excluding carboxylic acids is 1. The zero-order valence-corrected chi connectivity index (χ0v) is 20.8. The quantitative estimate of drug-likeness (QED) is 0.247. The summed E-state index contributed by atoms with van der Waals surface area (Å²) in [5.41, 5.74) is 4.35. The molecule has 7 aromatic rings. The molecule has 0 unspecified atom stereocenters. The van der Waals surface area contributed by atoms with Crippen LogP contribution >= 0.6 is 11.3 Å². The van der Waals surface area contributed by atoms with Crippen molar-refractivity contribution in [3.05, 3.63) is 96.1 Å². The molecule has 3 N–H and O–H groups in total. The van der Waals surface area contributed by atoms with Crippen molar-refractivity contribution >= 4 is 45.0 Å². The molecule has 39 heavy (non-hydrogen) atoms. The maximum atomic E-state index is 16.1. The summed E-state index contributed by atoms with van der Waals surface area (Å²) < 4.78 is 16.1. The fourth-order valence-corrected chi connectivity index (χ4v) is 5.14. The number of H-pyrrole nitrogens is 2. The van der Waals surface area contributed by atoms with Gasteiger partial charge >= 0.3 is 0 Å². The van der Waals surface area contributed by atoms with Crippen LogP contribution in [0.1, 0.15) is 10.4 Å². The van der Waals surface area contributed by atoms with E-state index in [-0.39, 0.29) is 22.5 Å². The number of hydrogen-bond acceptors (Lipinski definition) is 7. The summed E-state index contributed by atoms with van der Waals surface area (Å²) in [4.78, 5) is 34.6. The Labute approximate surface area is 223 Å².